The van der Waals surface area contributed by atoms with Crippen molar-refractivity contribution in [1.82, 2.24) is 15.0 Å². The first-order valence-corrected chi connectivity index (χ1v) is 8.41. The standard InChI is InChI=1S/C17H11ClN4OS/c18-12-4-2-1-3-11(12)15-8-24-17(21-15)22-16(23)10-5-6-13-14(7-10)20-9-19-13/h1-9H,(H,19,20)(H,21,22,23). The Kier molecular flexibility index (Phi) is 3.76. The third kappa shape index (κ3) is 2.77. The molecule has 2 aromatic heterocycles. The van der Waals surface area contributed by atoms with E-state index >= 15 is 0 Å². The van der Waals surface area contributed by atoms with Gasteiger partial charge in [0, 0.05) is 21.5 Å². The Labute approximate surface area is 146 Å². The van der Waals surface area contributed by atoms with Crippen molar-refractivity contribution in [1.29, 1.82) is 0 Å². The van der Waals surface area contributed by atoms with Gasteiger partial charge in [-0.1, -0.05) is 29.8 Å². The summed E-state index contributed by atoms with van der Waals surface area (Å²) in [6.07, 6.45) is 1.60. The lowest BCUT2D eigenvalue weighted by Gasteiger charge is -2.02. The number of aromatic amines is 1. The molecule has 0 saturated heterocycles. The summed E-state index contributed by atoms with van der Waals surface area (Å²) in [5.74, 6) is -0.216. The van der Waals surface area contributed by atoms with Crippen LogP contribution in [0, 0.1) is 0 Å². The number of aromatic nitrogens is 3. The van der Waals surface area contributed by atoms with E-state index in [1.165, 1.54) is 11.3 Å². The third-order valence-electron chi connectivity index (χ3n) is 3.56. The molecule has 0 atom stereocenters. The highest BCUT2D eigenvalue weighted by molar-refractivity contribution is 7.14. The predicted octanol–water partition coefficient (Wildman–Crippen LogP) is 4.59. The molecule has 2 N–H and O–H groups in total. The highest BCUT2D eigenvalue weighted by Gasteiger charge is 2.12. The molecule has 0 aliphatic rings. The first-order chi connectivity index (χ1) is 11.7. The van der Waals surface area contributed by atoms with E-state index in [9.17, 15) is 4.79 Å². The number of hydrogen-bond acceptors (Lipinski definition) is 4. The Morgan fingerprint density at radius 3 is 2.96 bits per heavy atom. The van der Waals surface area contributed by atoms with Gasteiger partial charge in [0.2, 0.25) is 0 Å². The van der Waals surface area contributed by atoms with Crippen molar-refractivity contribution >= 4 is 45.0 Å². The number of hydrogen-bond donors (Lipinski definition) is 2. The second kappa shape index (κ2) is 6.07. The molecule has 118 valence electrons. The van der Waals surface area contributed by atoms with Crippen molar-refractivity contribution < 1.29 is 4.79 Å². The lowest BCUT2D eigenvalue weighted by atomic mass is 10.2. The molecule has 4 aromatic rings. The largest absolute Gasteiger partial charge is 0.345 e. The number of halogens is 1. The topological polar surface area (TPSA) is 70.7 Å². The molecule has 0 spiro atoms. The van der Waals surface area contributed by atoms with Crippen molar-refractivity contribution in [3.8, 4) is 11.3 Å². The van der Waals surface area contributed by atoms with Gasteiger partial charge in [0.1, 0.15) is 0 Å². The summed E-state index contributed by atoms with van der Waals surface area (Å²) in [4.78, 5) is 24.0. The molecule has 0 unspecified atom stereocenters. The molecule has 5 nitrogen and oxygen atoms in total. The smallest absolute Gasteiger partial charge is 0.257 e. The van der Waals surface area contributed by atoms with Gasteiger partial charge >= 0.3 is 0 Å². The molecular formula is C17H11ClN4OS. The number of fused-ring (bicyclic) bond motifs is 1. The molecule has 2 aromatic carbocycles. The lowest BCUT2D eigenvalue weighted by molar-refractivity contribution is 0.102. The molecule has 7 heteroatoms. The zero-order valence-electron chi connectivity index (χ0n) is 12.3. The number of carbonyl (C=O) groups excluding carboxylic acids is 1. The minimum absolute atomic E-state index is 0.216. The Morgan fingerprint density at radius 2 is 2.08 bits per heavy atom. The van der Waals surface area contributed by atoms with Crippen LogP contribution >= 0.6 is 22.9 Å². The lowest BCUT2D eigenvalue weighted by Crippen LogP contribution is -2.11. The second-order valence-electron chi connectivity index (χ2n) is 5.11. The van der Waals surface area contributed by atoms with Gasteiger partial charge in [0.15, 0.2) is 5.13 Å². The van der Waals surface area contributed by atoms with E-state index in [1.807, 2.05) is 29.6 Å². The van der Waals surface area contributed by atoms with Crippen LogP contribution in [0.4, 0.5) is 5.13 Å². The monoisotopic (exact) mass is 354 g/mol. The highest BCUT2D eigenvalue weighted by Crippen LogP contribution is 2.30. The number of nitrogens with one attached hydrogen (secondary N) is 2. The summed E-state index contributed by atoms with van der Waals surface area (Å²) in [5.41, 5.74) is 3.77. The third-order valence-corrected chi connectivity index (χ3v) is 4.64. The number of carbonyl (C=O) groups is 1. The molecule has 0 aliphatic carbocycles. The van der Waals surface area contributed by atoms with Crippen molar-refractivity contribution in [2.75, 3.05) is 5.32 Å². The molecule has 24 heavy (non-hydrogen) atoms. The summed E-state index contributed by atoms with van der Waals surface area (Å²) in [7, 11) is 0. The molecular weight excluding hydrogens is 344 g/mol. The fourth-order valence-corrected chi connectivity index (χ4v) is 3.31. The Morgan fingerprint density at radius 1 is 1.21 bits per heavy atom. The van der Waals surface area contributed by atoms with Crippen LogP contribution in [-0.4, -0.2) is 20.9 Å². The van der Waals surface area contributed by atoms with Crippen LogP contribution in [-0.2, 0) is 0 Å². The zero-order chi connectivity index (χ0) is 16.5. The number of H-pyrrole nitrogens is 1. The van der Waals surface area contributed by atoms with Gasteiger partial charge in [-0.3, -0.25) is 10.1 Å². The van der Waals surface area contributed by atoms with Crippen LogP contribution in [0.3, 0.4) is 0 Å². The summed E-state index contributed by atoms with van der Waals surface area (Å²) < 4.78 is 0. The molecule has 0 saturated carbocycles. The van der Waals surface area contributed by atoms with E-state index in [-0.39, 0.29) is 5.91 Å². The Hall–Kier alpha value is -2.70. The van der Waals surface area contributed by atoms with Crippen LogP contribution in [0.15, 0.2) is 54.2 Å². The molecule has 0 fully saturated rings. The van der Waals surface area contributed by atoms with E-state index in [0.29, 0.717) is 15.7 Å². The predicted molar refractivity (Wildman–Crippen MR) is 96.6 cm³/mol. The number of anilines is 1. The molecule has 0 radical (unpaired) electrons. The van der Waals surface area contributed by atoms with Gasteiger partial charge < -0.3 is 4.98 Å². The minimum Gasteiger partial charge on any atom is -0.345 e. The van der Waals surface area contributed by atoms with E-state index in [4.69, 9.17) is 11.6 Å². The van der Waals surface area contributed by atoms with Gasteiger partial charge in [-0.2, -0.15) is 0 Å². The summed E-state index contributed by atoms with van der Waals surface area (Å²) in [5, 5.41) is 5.84. The maximum absolute atomic E-state index is 12.4. The van der Waals surface area contributed by atoms with Crippen LogP contribution < -0.4 is 5.32 Å². The van der Waals surface area contributed by atoms with Gasteiger partial charge in [-0.25, -0.2) is 9.97 Å². The van der Waals surface area contributed by atoms with Crippen molar-refractivity contribution in [2.45, 2.75) is 0 Å². The van der Waals surface area contributed by atoms with Crippen molar-refractivity contribution in [3.63, 3.8) is 0 Å². The van der Waals surface area contributed by atoms with Crippen LogP contribution in [0.2, 0.25) is 5.02 Å². The van der Waals surface area contributed by atoms with E-state index in [1.54, 1.807) is 24.5 Å². The quantitative estimate of drug-likeness (QED) is 0.565. The van der Waals surface area contributed by atoms with E-state index < -0.39 is 0 Å². The maximum atomic E-state index is 12.4. The van der Waals surface area contributed by atoms with Crippen LogP contribution in [0.5, 0.6) is 0 Å². The summed E-state index contributed by atoms with van der Waals surface area (Å²) in [6, 6.07) is 12.8. The fraction of sp³-hybridized carbons (Fsp3) is 0. The van der Waals surface area contributed by atoms with Gasteiger partial charge in [0.05, 0.1) is 23.1 Å². The van der Waals surface area contributed by atoms with E-state index in [2.05, 4.69) is 20.3 Å². The molecule has 0 bridgehead atoms. The molecule has 1 amide bonds. The normalized spacial score (nSPS) is 10.9. The minimum atomic E-state index is -0.216. The molecule has 4 rings (SSSR count). The van der Waals surface area contributed by atoms with Crippen molar-refractivity contribution in [3.05, 3.63) is 64.8 Å². The summed E-state index contributed by atoms with van der Waals surface area (Å²) >= 11 is 7.54. The molecule has 2 heterocycles. The van der Waals surface area contributed by atoms with Gasteiger partial charge in [-0.05, 0) is 24.3 Å². The average molecular weight is 355 g/mol. The number of amides is 1. The number of thiazole rings is 1. The fourth-order valence-electron chi connectivity index (χ4n) is 2.37. The highest BCUT2D eigenvalue weighted by atomic mass is 35.5. The SMILES string of the molecule is O=C(Nc1nc(-c2ccccc2Cl)cs1)c1ccc2nc[nH]c2c1. The number of rotatable bonds is 3. The second-order valence-corrected chi connectivity index (χ2v) is 6.37. The van der Waals surface area contributed by atoms with Gasteiger partial charge in [0.25, 0.3) is 5.91 Å². The average Bonchev–Trinajstić information content (AvgIpc) is 3.23. The van der Waals surface area contributed by atoms with E-state index in [0.717, 1.165) is 22.3 Å². The summed E-state index contributed by atoms with van der Waals surface area (Å²) in [6.45, 7) is 0. The van der Waals surface area contributed by atoms with Gasteiger partial charge in [-0.15, -0.1) is 11.3 Å². The first kappa shape index (κ1) is 14.9. The zero-order valence-corrected chi connectivity index (χ0v) is 13.9. The number of benzene rings is 2. The number of nitrogens with zero attached hydrogens (tertiary/aromatic N) is 2. The van der Waals surface area contributed by atoms with Crippen molar-refractivity contribution in [2.24, 2.45) is 0 Å². The Bertz CT molecular complexity index is 1040. The number of imidazole rings is 1. The Balaban J connectivity index is 1.57. The first-order valence-electron chi connectivity index (χ1n) is 7.15. The van der Waals surface area contributed by atoms with Crippen LogP contribution in [0.25, 0.3) is 22.3 Å². The maximum Gasteiger partial charge on any atom is 0.257 e. The molecule has 0 aliphatic heterocycles. The van der Waals surface area contributed by atoms with Crippen LogP contribution in [0.1, 0.15) is 10.4 Å².